The molecule has 5 heteroatoms. The van der Waals surface area contributed by atoms with Gasteiger partial charge >= 0.3 is 0 Å². The second-order valence-corrected chi connectivity index (χ2v) is 7.33. The molecule has 1 fully saturated rings. The Kier molecular flexibility index (Phi) is 3.51. The van der Waals surface area contributed by atoms with Crippen LogP contribution in [0.2, 0.25) is 5.02 Å². The second-order valence-electron chi connectivity index (χ2n) is 5.90. The van der Waals surface area contributed by atoms with Gasteiger partial charge in [0.2, 0.25) is 0 Å². The van der Waals surface area contributed by atoms with E-state index in [1.807, 2.05) is 30.5 Å². The van der Waals surface area contributed by atoms with Gasteiger partial charge in [-0.3, -0.25) is 4.79 Å². The van der Waals surface area contributed by atoms with Gasteiger partial charge < -0.3 is 0 Å². The van der Waals surface area contributed by atoms with Gasteiger partial charge in [-0.15, -0.1) is 11.3 Å². The number of halogens is 1. The Labute approximate surface area is 137 Å². The lowest BCUT2D eigenvalue weighted by Crippen LogP contribution is -2.18. The van der Waals surface area contributed by atoms with Crippen molar-refractivity contribution in [2.75, 3.05) is 0 Å². The van der Waals surface area contributed by atoms with Crippen molar-refractivity contribution in [1.82, 2.24) is 5.43 Å². The van der Waals surface area contributed by atoms with E-state index in [0.29, 0.717) is 27.7 Å². The number of carbonyl (C=O) groups excluding carboxylic acids is 1. The molecule has 2 aliphatic rings. The molecular formula is C17H15ClN2OS. The summed E-state index contributed by atoms with van der Waals surface area (Å²) in [4.78, 5) is 12.8. The Balaban J connectivity index is 1.47. The molecule has 1 amide bonds. The fourth-order valence-corrected chi connectivity index (χ4v) is 4.80. The van der Waals surface area contributed by atoms with E-state index in [1.165, 1.54) is 17.8 Å². The van der Waals surface area contributed by atoms with Crippen LogP contribution in [-0.4, -0.2) is 12.1 Å². The van der Waals surface area contributed by atoms with Crippen LogP contribution in [-0.2, 0) is 0 Å². The van der Waals surface area contributed by atoms with Crippen LogP contribution in [0.3, 0.4) is 0 Å². The molecule has 3 atom stereocenters. The molecule has 3 nitrogen and oxygen atoms in total. The molecule has 1 aromatic carbocycles. The van der Waals surface area contributed by atoms with Crippen molar-refractivity contribution < 1.29 is 4.79 Å². The average Bonchev–Trinajstić information content (AvgIpc) is 3.22. The number of rotatable bonds is 3. The first-order valence-electron chi connectivity index (χ1n) is 7.41. The quantitative estimate of drug-likeness (QED) is 0.503. The minimum Gasteiger partial charge on any atom is -0.266 e. The number of thiophene rings is 1. The van der Waals surface area contributed by atoms with Gasteiger partial charge in [0.05, 0.1) is 5.02 Å². The smallest absolute Gasteiger partial charge is 0.266 e. The number of fused-ring (bicyclic) bond motifs is 3. The Morgan fingerprint density at radius 2 is 2.18 bits per heavy atom. The van der Waals surface area contributed by atoms with Gasteiger partial charge in [-0.2, -0.15) is 5.10 Å². The maximum Gasteiger partial charge on any atom is 0.282 e. The minimum absolute atomic E-state index is 0.235. The molecule has 1 saturated carbocycles. The number of hydrazone groups is 1. The van der Waals surface area contributed by atoms with Crippen LogP contribution >= 0.6 is 22.9 Å². The van der Waals surface area contributed by atoms with Crippen molar-refractivity contribution in [2.45, 2.75) is 12.8 Å². The van der Waals surface area contributed by atoms with Gasteiger partial charge in [0.15, 0.2) is 0 Å². The lowest BCUT2D eigenvalue weighted by atomic mass is 9.95. The lowest BCUT2D eigenvalue weighted by Gasteiger charge is -2.11. The van der Waals surface area contributed by atoms with Crippen molar-refractivity contribution in [2.24, 2.45) is 22.9 Å². The zero-order valence-corrected chi connectivity index (χ0v) is 13.4. The number of nitrogens with one attached hydrogen (secondary N) is 1. The van der Waals surface area contributed by atoms with Crippen molar-refractivity contribution in [1.29, 1.82) is 0 Å². The Morgan fingerprint density at radius 3 is 2.91 bits per heavy atom. The maximum atomic E-state index is 12.3. The molecule has 1 heterocycles. The summed E-state index contributed by atoms with van der Waals surface area (Å²) >= 11 is 7.70. The molecule has 0 saturated heterocycles. The van der Waals surface area contributed by atoms with Crippen LogP contribution in [0.5, 0.6) is 0 Å². The third kappa shape index (κ3) is 2.36. The highest BCUT2D eigenvalue weighted by Crippen LogP contribution is 2.42. The molecule has 0 spiro atoms. The van der Waals surface area contributed by atoms with Crippen LogP contribution in [0, 0.1) is 17.8 Å². The van der Waals surface area contributed by atoms with Crippen LogP contribution in [0.1, 0.15) is 22.5 Å². The number of amides is 1. The molecule has 112 valence electrons. The molecule has 2 aromatic rings. The number of hydrogen-bond donors (Lipinski definition) is 1. The fraction of sp³-hybridized carbons (Fsp3) is 0.294. The van der Waals surface area contributed by atoms with Gasteiger partial charge in [-0.1, -0.05) is 42.0 Å². The van der Waals surface area contributed by atoms with E-state index >= 15 is 0 Å². The highest BCUT2D eigenvalue weighted by molar-refractivity contribution is 7.21. The van der Waals surface area contributed by atoms with Crippen molar-refractivity contribution in [3.63, 3.8) is 0 Å². The largest absolute Gasteiger partial charge is 0.282 e. The topological polar surface area (TPSA) is 41.5 Å². The summed E-state index contributed by atoms with van der Waals surface area (Å²) in [5, 5.41) is 5.58. The zero-order chi connectivity index (χ0) is 15.1. The van der Waals surface area contributed by atoms with Crippen molar-refractivity contribution in [3.05, 3.63) is 46.3 Å². The molecular weight excluding hydrogens is 316 g/mol. The van der Waals surface area contributed by atoms with Gasteiger partial charge in [0.25, 0.3) is 5.91 Å². The first kappa shape index (κ1) is 14.0. The minimum atomic E-state index is -0.235. The summed E-state index contributed by atoms with van der Waals surface area (Å²) in [7, 11) is 0. The van der Waals surface area contributed by atoms with E-state index < -0.39 is 0 Å². The monoisotopic (exact) mass is 330 g/mol. The lowest BCUT2D eigenvalue weighted by molar-refractivity contribution is 0.0959. The van der Waals surface area contributed by atoms with Gasteiger partial charge in [-0.05, 0) is 30.7 Å². The van der Waals surface area contributed by atoms with E-state index in [1.54, 1.807) is 0 Å². The molecule has 2 bridgehead atoms. The standard InChI is InChI=1S/C17H15ClN2OS/c18-15-13-3-1-2-4-14(13)22-16(15)17(21)20-19-9-12-8-10-5-6-11(12)7-10/h1-6,9-12H,7-8H2,(H,20,21)/b19-9+. The van der Waals surface area contributed by atoms with Crippen LogP contribution in [0.25, 0.3) is 10.1 Å². The van der Waals surface area contributed by atoms with Crippen molar-refractivity contribution >= 4 is 45.1 Å². The highest BCUT2D eigenvalue weighted by atomic mass is 35.5. The molecule has 0 radical (unpaired) electrons. The predicted octanol–water partition coefficient (Wildman–Crippen LogP) is 4.48. The Morgan fingerprint density at radius 1 is 1.32 bits per heavy atom. The van der Waals surface area contributed by atoms with E-state index in [-0.39, 0.29) is 5.91 Å². The first-order chi connectivity index (χ1) is 10.7. The zero-order valence-electron chi connectivity index (χ0n) is 11.8. The van der Waals surface area contributed by atoms with Crippen molar-refractivity contribution in [3.8, 4) is 0 Å². The summed E-state index contributed by atoms with van der Waals surface area (Å²) in [6.45, 7) is 0. The van der Waals surface area contributed by atoms with Crippen LogP contribution in [0.4, 0.5) is 0 Å². The fourth-order valence-electron chi connectivity index (χ4n) is 3.40. The first-order valence-corrected chi connectivity index (χ1v) is 8.60. The third-order valence-electron chi connectivity index (χ3n) is 4.50. The van der Waals surface area contributed by atoms with Crippen LogP contribution < -0.4 is 5.43 Å². The number of carbonyl (C=O) groups is 1. The number of nitrogens with zero attached hydrogens (tertiary/aromatic N) is 1. The van der Waals surface area contributed by atoms with E-state index in [0.717, 1.165) is 16.5 Å². The van der Waals surface area contributed by atoms with E-state index in [4.69, 9.17) is 11.6 Å². The summed E-state index contributed by atoms with van der Waals surface area (Å²) in [6, 6.07) is 7.75. The molecule has 22 heavy (non-hydrogen) atoms. The molecule has 2 aliphatic carbocycles. The Hall–Kier alpha value is -1.65. The van der Waals surface area contributed by atoms with Gasteiger partial charge in [0, 0.05) is 22.2 Å². The van der Waals surface area contributed by atoms with E-state index in [2.05, 4.69) is 22.7 Å². The third-order valence-corrected chi connectivity index (χ3v) is 6.18. The SMILES string of the molecule is O=C(N/N=C/C1CC2C=CC1C2)c1sc2ccccc2c1Cl. The highest BCUT2D eigenvalue weighted by Gasteiger charge is 2.34. The predicted molar refractivity (Wildman–Crippen MR) is 91.6 cm³/mol. The van der Waals surface area contributed by atoms with E-state index in [9.17, 15) is 4.79 Å². The molecule has 3 unspecified atom stereocenters. The summed E-state index contributed by atoms with van der Waals surface area (Å²) in [5.74, 6) is 1.52. The van der Waals surface area contributed by atoms with Gasteiger partial charge in [-0.25, -0.2) is 5.43 Å². The maximum absolute atomic E-state index is 12.3. The Bertz CT molecular complexity index is 795. The molecule has 1 N–H and O–H groups in total. The number of hydrogen-bond acceptors (Lipinski definition) is 3. The average molecular weight is 331 g/mol. The molecule has 1 aromatic heterocycles. The summed E-state index contributed by atoms with van der Waals surface area (Å²) in [5.41, 5.74) is 2.62. The van der Waals surface area contributed by atoms with Gasteiger partial charge in [0.1, 0.15) is 4.88 Å². The summed E-state index contributed by atoms with van der Waals surface area (Å²) < 4.78 is 1.01. The van der Waals surface area contributed by atoms with Crippen LogP contribution in [0.15, 0.2) is 41.5 Å². The molecule has 4 rings (SSSR count). The summed E-state index contributed by atoms with van der Waals surface area (Å²) in [6.07, 6.45) is 8.82. The number of allylic oxidation sites excluding steroid dienone is 2. The second kappa shape index (κ2) is 5.52. The molecule has 0 aliphatic heterocycles. The normalized spacial score (nSPS) is 26.3. The number of benzene rings is 1.